The maximum Gasteiger partial charge on any atom is 0.239 e. The molecule has 0 aromatic heterocycles. The van der Waals surface area contributed by atoms with E-state index in [0.717, 1.165) is 24.8 Å². The number of nitrogens with zero attached hydrogens (tertiary/aromatic N) is 2. The third-order valence-electron chi connectivity index (χ3n) is 6.48. The first kappa shape index (κ1) is 21.8. The predicted octanol–water partition coefficient (Wildman–Crippen LogP) is 3.28. The minimum absolute atomic E-state index is 0.00802. The third-order valence-corrected chi connectivity index (χ3v) is 6.48. The molecule has 2 aliphatic rings. The highest BCUT2D eigenvalue weighted by molar-refractivity contribution is 5.83. The fourth-order valence-corrected chi connectivity index (χ4v) is 4.78. The molecule has 0 radical (unpaired) electrons. The Morgan fingerprint density at radius 1 is 1.07 bits per heavy atom. The zero-order valence-electron chi connectivity index (χ0n) is 18.3. The number of aryl methyl sites for hydroxylation is 1. The lowest BCUT2D eigenvalue weighted by atomic mass is 9.92. The van der Waals surface area contributed by atoms with Gasteiger partial charge in [0, 0.05) is 25.0 Å². The van der Waals surface area contributed by atoms with Gasteiger partial charge in [0.05, 0.1) is 12.1 Å². The second-order valence-electron chi connectivity index (χ2n) is 9.22. The van der Waals surface area contributed by atoms with E-state index in [1.807, 2.05) is 30.9 Å². The number of likely N-dealkylation sites (tertiary alicyclic amines) is 1. The Bertz CT molecular complexity index is 695. The quantitative estimate of drug-likeness (QED) is 0.798. The molecule has 160 valence electrons. The molecular weight excluding hydrogens is 362 g/mol. The number of carbonyl (C=O) groups excluding carboxylic acids is 2. The number of hydrogen-bond acceptors (Lipinski definition) is 3. The molecule has 1 aliphatic carbocycles. The number of benzene rings is 1. The summed E-state index contributed by atoms with van der Waals surface area (Å²) in [6.07, 6.45) is 7.26. The highest BCUT2D eigenvalue weighted by Crippen LogP contribution is 2.29. The highest BCUT2D eigenvalue weighted by atomic mass is 16.2. The van der Waals surface area contributed by atoms with E-state index in [1.165, 1.54) is 24.8 Å². The smallest absolute Gasteiger partial charge is 0.239 e. The zero-order chi connectivity index (χ0) is 21.0. The predicted molar refractivity (Wildman–Crippen MR) is 116 cm³/mol. The summed E-state index contributed by atoms with van der Waals surface area (Å²) in [5, 5.41) is 0. The van der Waals surface area contributed by atoms with Gasteiger partial charge in [0.2, 0.25) is 11.8 Å². The highest BCUT2D eigenvalue weighted by Gasteiger charge is 2.38. The Kier molecular flexibility index (Phi) is 7.33. The van der Waals surface area contributed by atoms with Gasteiger partial charge < -0.3 is 15.5 Å². The van der Waals surface area contributed by atoms with Crippen LogP contribution in [0.5, 0.6) is 0 Å². The monoisotopic (exact) mass is 399 g/mol. The third kappa shape index (κ3) is 5.39. The fraction of sp³-hybridized carbons (Fsp3) is 0.667. The minimum atomic E-state index is -0.527. The van der Waals surface area contributed by atoms with Gasteiger partial charge in [0.15, 0.2) is 0 Å². The molecule has 2 amide bonds. The van der Waals surface area contributed by atoms with E-state index in [1.54, 1.807) is 0 Å². The molecule has 1 saturated carbocycles. The van der Waals surface area contributed by atoms with E-state index in [9.17, 15) is 9.59 Å². The van der Waals surface area contributed by atoms with Crippen molar-refractivity contribution in [3.05, 3.63) is 35.4 Å². The lowest BCUT2D eigenvalue weighted by molar-refractivity contribution is -0.141. The lowest BCUT2D eigenvalue weighted by Gasteiger charge is -2.39. The first-order valence-corrected chi connectivity index (χ1v) is 11.3. The van der Waals surface area contributed by atoms with Crippen LogP contribution in [-0.2, 0) is 16.0 Å². The van der Waals surface area contributed by atoms with Gasteiger partial charge >= 0.3 is 0 Å². The van der Waals surface area contributed by atoms with Crippen molar-refractivity contribution in [3.8, 4) is 0 Å². The van der Waals surface area contributed by atoms with Crippen molar-refractivity contribution in [1.82, 2.24) is 9.80 Å². The second kappa shape index (κ2) is 9.75. The molecule has 5 heteroatoms. The van der Waals surface area contributed by atoms with E-state index >= 15 is 0 Å². The van der Waals surface area contributed by atoms with Gasteiger partial charge in [-0.05, 0) is 38.2 Å². The number of hydrogen-bond donors (Lipinski definition) is 1. The normalized spacial score (nSPS) is 21.4. The molecule has 1 aromatic carbocycles. The zero-order valence-corrected chi connectivity index (χ0v) is 18.3. The largest absolute Gasteiger partial charge is 0.339 e. The van der Waals surface area contributed by atoms with E-state index in [0.29, 0.717) is 25.6 Å². The summed E-state index contributed by atoms with van der Waals surface area (Å²) in [7, 11) is 0. The molecule has 29 heavy (non-hydrogen) atoms. The molecule has 2 atom stereocenters. The lowest BCUT2D eigenvalue weighted by Crippen LogP contribution is -2.51. The first-order valence-electron chi connectivity index (χ1n) is 11.3. The molecule has 2 N–H and O–H groups in total. The van der Waals surface area contributed by atoms with Crippen LogP contribution in [0.25, 0.3) is 0 Å². The molecule has 1 saturated heterocycles. The maximum atomic E-state index is 13.0. The van der Waals surface area contributed by atoms with Crippen LogP contribution in [0.15, 0.2) is 24.3 Å². The molecule has 2 fully saturated rings. The van der Waals surface area contributed by atoms with Crippen molar-refractivity contribution in [2.45, 2.75) is 83.8 Å². The SMILES string of the molecule is Cc1ccc(CC(N)C(=O)N2CCC(N(C(=O)C(C)C)C3CCCCC3)C2)cc1. The summed E-state index contributed by atoms with van der Waals surface area (Å²) < 4.78 is 0. The molecule has 0 bridgehead atoms. The summed E-state index contributed by atoms with van der Waals surface area (Å²) in [4.78, 5) is 30.0. The summed E-state index contributed by atoms with van der Waals surface area (Å²) in [5.74, 6) is 0.235. The van der Waals surface area contributed by atoms with Gasteiger partial charge in [-0.2, -0.15) is 0 Å². The summed E-state index contributed by atoms with van der Waals surface area (Å²) in [6.45, 7) is 7.33. The second-order valence-corrected chi connectivity index (χ2v) is 9.22. The average molecular weight is 400 g/mol. The average Bonchev–Trinajstić information content (AvgIpc) is 3.19. The van der Waals surface area contributed by atoms with Crippen LogP contribution < -0.4 is 5.73 Å². The first-order chi connectivity index (χ1) is 13.9. The van der Waals surface area contributed by atoms with Crippen LogP contribution in [-0.4, -0.2) is 52.8 Å². The summed E-state index contributed by atoms with van der Waals surface area (Å²) in [5.41, 5.74) is 8.56. The Balaban J connectivity index is 1.63. The van der Waals surface area contributed by atoms with Gasteiger partial charge in [-0.25, -0.2) is 0 Å². The molecular formula is C24H37N3O2. The molecule has 1 heterocycles. The number of rotatable bonds is 6. The Hall–Kier alpha value is -1.88. The van der Waals surface area contributed by atoms with Gasteiger partial charge in [-0.3, -0.25) is 9.59 Å². The van der Waals surface area contributed by atoms with Crippen LogP contribution in [0, 0.1) is 12.8 Å². The van der Waals surface area contributed by atoms with E-state index in [2.05, 4.69) is 24.0 Å². The fourth-order valence-electron chi connectivity index (χ4n) is 4.78. The van der Waals surface area contributed by atoms with Crippen LogP contribution in [0.2, 0.25) is 0 Å². The summed E-state index contributed by atoms with van der Waals surface area (Å²) in [6, 6.07) is 8.13. The molecule has 0 spiro atoms. The summed E-state index contributed by atoms with van der Waals surface area (Å²) >= 11 is 0. The van der Waals surface area contributed by atoms with Crippen LogP contribution in [0.1, 0.15) is 63.5 Å². The Morgan fingerprint density at radius 2 is 1.72 bits per heavy atom. The van der Waals surface area contributed by atoms with Crippen molar-refractivity contribution in [1.29, 1.82) is 0 Å². The molecule has 5 nitrogen and oxygen atoms in total. The number of amides is 2. The van der Waals surface area contributed by atoms with Gasteiger partial charge in [-0.1, -0.05) is 62.9 Å². The topological polar surface area (TPSA) is 66.6 Å². The standard InChI is InChI=1S/C24H37N3O2/c1-17(2)23(28)27(20-7-5-4-6-8-20)21-13-14-26(16-21)24(29)22(25)15-19-11-9-18(3)10-12-19/h9-12,17,20-22H,4-8,13-16,25H2,1-3H3. The van der Waals surface area contributed by atoms with Gasteiger partial charge in [0.1, 0.15) is 0 Å². The van der Waals surface area contributed by atoms with Crippen molar-refractivity contribution in [2.75, 3.05) is 13.1 Å². The molecule has 2 unspecified atom stereocenters. The van der Waals surface area contributed by atoms with Crippen molar-refractivity contribution >= 4 is 11.8 Å². The van der Waals surface area contributed by atoms with E-state index in [-0.39, 0.29) is 23.8 Å². The Morgan fingerprint density at radius 3 is 2.34 bits per heavy atom. The van der Waals surface area contributed by atoms with Gasteiger partial charge in [0.25, 0.3) is 0 Å². The number of nitrogens with two attached hydrogens (primary N) is 1. The van der Waals surface area contributed by atoms with Crippen molar-refractivity contribution in [2.24, 2.45) is 11.7 Å². The van der Waals surface area contributed by atoms with Crippen LogP contribution >= 0.6 is 0 Å². The Labute approximate surface area is 175 Å². The van der Waals surface area contributed by atoms with E-state index in [4.69, 9.17) is 5.73 Å². The molecule has 1 aromatic rings. The molecule has 1 aliphatic heterocycles. The number of carbonyl (C=O) groups is 2. The molecule has 3 rings (SSSR count). The maximum absolute atomic E-state index is 13.0. The van der Waals surface area contributed by atoms with Gasteiger partial charge in [-0.15, -0.1) is 0 Å². The van der Waals surface area contributed by atoms with E-state index < -0.39 is 6.04 Å². The van der Waals surface area contributed by atoms with Crippen molar-refractivity contribution in [3.63, 3.8) is 0 Å². The van der Waals surface area contributed by atoms with Crippen LogP contribution in [0.3, 0.4) is 0 Å². The minimum Gasteiger partial charge on any atom is -0.339 e. The van der Waals surface area contributed by atoms with Crippen LogP contribution in [0.4, 0.5) is 0 Å². The van der Waals surface area contributed by atoms with Crippen molar-refractivity contribution < 1.29 is 9.59 Å².